The molecule has 5 nitrogen and oxygen atoms in total. The third kappa shape index (κ3) is 1.57. The Bertz CT molecular complexity index is 379. The van der Waals surface area contributed by atoms with Crippen LogP contribution in [0.3, 0.4) is 0 Å². The molecule has 0 spiro atoms. The molecule has 0 amide bonds. The summed E-state index contributed by atoms with van der Waals surface area (Å²) in [7, 11) is 0. The molecule has 1 aliphatic rings. The normalized spacial score (nSPS) is 15.1. The minimum atomic E-state index is -1.04. The van der Waals surface area contributed by atoms with Crippen molar-refractivity contribution in [1.29, 1.82) is 0 Å². The summed E-state index contributed by atoms with van der Waals surface area (Å²) in [6.07, 6.45) is 2.59. The van der Waals surface area contributed by atoms with Crippen LogP contribution in [0.4, 0.5) is 5.95 Å². The minimum absolute atomic E-state index is 0.0156. The highest BCUT2D eigenvalue weighted by molar-refractivity contribution is 9.10. The van der Waals surface area contributed by atoms with Crippen LogP contribution in [0, 0.1) is 0 Å². The van der Waals surface area contributed by atoms with E-state index < -0.39 is 5.97 Å². The van der Waals surface area contributed by atoms with Crippen molar-refractivity contribution >= 4 is 27.8 Å². The molecule has 1 aliphatic heterocycles. The zero-order valence-corrected chi connectivity index (χ0v) is 8.86. The molecule has 1 saturated heterocycles. The summed E-state index contributed by atoms with van der Waals surface area (Å²) in [5, 5.41) is 8.82. The number of anilines is 1. The smallest absolute Gasteiger partial charge is 0.355 e. The van der Waals surface area contributed by atoms with Crippen LogP contribution >= 0.6 is 15.9 Å². The van der Waals surface area contributed by atoms with E-state index in [1.807, 2.05) is 4.90 Å². The molecule has 0 radical (unpaired) electrons. The van der Waals surface area contributed by atoms with Gasteiger partial charge in [0.1, 0.15) is 0 Å². The van der Waals surface area contributed by atoms with Crippen molar-refractivity contribution in [3.05, 3.63) is 16.4 Å². The number of carboxylic acid groups (broad SMARTS) is 1. The lowest BCUT2D eigenvalue weighted by Crippen LogP contribution is -2.38. The molecule has 0 atom stereocenters. The summed E-state index contributed by atoms with van der Waals surface area (Å²) < 4.78 is 0.411. The first-order chi connectivity index (χ1) is 6.68. The first-order valence-corrected chi connectivity index (χ1v) is 4.98. The van der Waals surface area contributed by atoms with Gasteiger partial charge >= 0.3 is 5.97 Å². The number of carboxylic acids is 1. The zero-order valence-electron chi connectivity index (χ0n) is 7.27. The van der Waals surface area contributed by atoms with Crippen LogP contribution in [0.2, 0.25) is 0 Å². The molecule has 6 heteroatoms. The van der Waals surface area contributed by atoms with Gasteiger partial charge in [0.25, 0.3) is 0 Å². The Morgan fingerprint density at radius 3 is 2.79 bits per heavy atom. The third-order valence-corrected chi connectivity index (χ3v) is 2.65. The third-order valence-electron chi connectivity index (χ3n) is 2.07. The van der Waals surface area contributed by atoms with Crippen LogP contribution in [-0.2, 0) is 0 Å². The zero-order chi connectivity index (χ0) is 10.1. The molecule has 2 rings (SSSR count). The van der Waals surface area contributed by atoms with Gasteiger partial charge in [-0.1, -0.05) is 0 Å². The Hall–Kier alpha value is -1.17. The lowest BCUT2D eigenvalue weighted by atomic mass is 10.2. The molecule has 0 aromatic carbocycles. The van der Waals surface area contributed by atoms with E-state index in [1.54, 1.807) is 0 Å². The number of hydrogen-bond acceptors (Lipinski definition) is 4. The van der Waals surface area contributed by atoms with E-state index in [4.69, 9.17) is 5.11 Å². The maximum atomic E-state index is 10.8. The molecule has 1 N–H and O–H groups in total. The van der Waals surface area contributed by atoms with Crippen LogP contribution in [0.5, 0.6) is 0 Å². The first kappa shape index (κ1) is 9.39. The molecule has 1 aromatic rings. The number of aromatic nitrogens is 2. The van der Waals surface area contributed by atoms with E-state index >= 15 is 0 Å². The summed E-state index contributed by atoms with van der Waals surface area (Å²) in [5.74, 6) is -0.544. The number of nitrogens with zero attached hydrogens (tertiary/aromatic N) is 3. The molecule has 0 unspecified atom stereocenters. The molecular formula is C8H8BrN3O2. The molecular weight excluding hydrogens is 250 g/mol. The summed E-state index contributed by atoms with van der Waals surface area (Å²) in [6, 6.07) is 0. The van der Waals surface area contributed by atoms with Gasteiger partial charge in [0.15, 0.2) is 5.69 Å². The second-order valence-electron chi connectivity index (χ2n) is 3.01. The summed E-state index contributed by atoms with van der Waals surface area (Å²) >= 11 is 3.10. The summed E-state index contributed by atoms with van der Waals surface area (Å²) in [4.78, 5) is 20.7. The van der Waals surface area contributed by atoms with Crippen LogP contribution in [0.1, 0.15) is 16.9 Å². The molecule has 74 valence electrons. The van der Waals surface area contributed by atoms with Crippen molar-refractivity contribution < 1.29 is 9.90 Å². The van der Waals surface area contributed by atoms with Gasteiger partial charge in [-0.2, -0.15) is 0 Å². The Balaban J connectivity index is 2.34. The second kappa shape index (κ2) is 3.53. The van der Waals surface area contributed by atoms with E-state index in [2.05, 4.69) is 25.9 Å². The number of aromatic carboxylic acids is 1. The topological polar surface area (TPSA) is 66.3 Å². The van der Waals surface area contributed by atoms with Gasteiger partial charge in [-0.25, -0.2) is 14.8 Å². The van der Waals surface area contributed by atoms with E-state index in [1.165, 1.54) is 6.20 Å². The number of hydrogen-bond donors (Lipinski definition) is 1. The number of carbonyl (C=O) groups is 1. The van der Waals surface area contributed by atoms with Crippen LogP contribution in [0.25, 0.3) is 0 Å². The lowest BCUT2D eigenvalue weighted by Gasteiger charge is -2.30. The molecule has 2 heterocycles. The highest BCUT2D eigenvalue weighted by atomic mass is 79.9. The molecule has 0 saturated carbocycles. The molecule has 1 fully saturated rings. The number of halogens is 1. The minimum Gasteiger partial charge on any atom is -0.476 e. The van der Waals surface area contributed by atoms with E-state index in [-0.39, 0.29) is 5.69 Å². The fraction of sp³-hybridized carbons (Fsp3) is 0.375. The molecule has 1 aromatic heterocycles. The van der Waals surface area contributed by atoms with Gasteiger partial charge in [0.05, 0.1) is 4.47 Å². The molecule has 14 heavy (non-hydrogen) atoms. The SMILES string of the molecule is O=C(O)c1nc(N2CCC2)ncc1Br. The van der Waals surface area contributed by atoms with E-state index in [0.29, 0.717) is 10.4 Å². The van der Waals surface area contributed by atoms with Gasteiger partial charge in [0.2, 0.25) is 5.95 Å². The Labute approximate surface area is 88.9 Å². The Morgan fingerprint density at radius 2 is 2.29 bits per heavy atom. The largest absolute Gasteiger partial charge is 0.476 e. The van der Waals surface area contributed by atoms with Crippen LogP contribution in [0.15, 0.2) is 10.7 Å². The maximum absolute atomic E-state index is 10.8. The fourth-order valence-corrected chi connectivity index (χ4v) is 1.54. The highest BCUT2D eigenvalue weighted by Gasteiger charge is 2.20. The van der Waals surface area contributed by atoms with Crippen LogP contribution in [-0.4, -0.2) is 34.1 Å². The average molecular weight is 258 g/mol. The van der Waals surface area contributed by atoms with Crippen molar-refractivity contribution in [2.24, 2.45) is 0 Å². The van der Waals surface area contributed by atoms with Gasteiger partial charge in [0, 0.05) is 19.3 Å². The first-order valence-electron chi connectivity index (χ1n) is 4.19. The monoisotopic (exact) mass is 257 g/mol. The van der Waals surface area contributed by atoms with Crippen molar-refractivity contribution in [2.75, 3.05) is 18.0 Å². The van der Waals surface area contributed by atoms with Gasteiger partial charge in [-0.3, -0.25) is 0 Å². The van der Waals surface area contributed by atoms with Crippen LogP contribution < -0.4 is 4.90 Å². The molecule has 0 aliphatic carbocycles. The second-order valence-corrected chi connectivity index (χ2v) is 3.87. The van der Waals surface area contributed by atoms with Crippen molar-refractivity contribution in [3.8, 4) is 0 Å². The van der Waals surface area contributed by atoms with E-state index in [9.17, 15) is 4.79 Å². The summed E-state index contributed by atoms with van der Waals surface area (Å²) in [6.45, 7) is 1.81. The summed E-state index contributed by atoms with van der Waals surface area (Å²) in [5.41, 5.74) is 0.0156. The predicted molar refractivity (Wildman–Crippen MR) is 53.5 cm³/mol. The van der Waals surface area contributed by atoms with Gasteiger partial charge in [-0.15, -0.1) is 0 Å². The maximum Gasteiger partial charge on any atom is 0.355 e. The van der Waals surface area contributed by atoms with Gasteiger partial charge in [-0.05, 0) is 22.4 Å². The quantitative estimate of drug-likeness (QED) is 0.861. The average Bonchev–Trinajstić information content (AvgIpc) is 2.04. The van der Waals surface area contributed by atoms with Crippen molar-refractivity contribution in [3.63, 3.8) is 0 Å². The van der Waals surface area contributed by atoms with Crippen molar-refractivity contribution in [1.82, 2.24) is 9.97 Å². The number of rotatable bonds is 2. The van der Waals surface area contributed by atoms with Gasteiger partial charge < -0.3 is 10.0 Å². The Morgan fingerprint density at radius 1 is 1.57 bits per heavy atom. The van der Waals surface area contributed by atoms with E-state index in [0.717, 1.165) is 19.5 Å². The molecule has 0 bridgehead atoms. The Kier molecular flexibility index (Phi) is 2.37. The standard InChI is InChI=1S/C8H8BrN3O2/c9-5-4-10-8(12-2-1-3-12)11-6(5)7(13)14/h4H,1-3H2,(H,13,14). The fourth-order valence-electron chi connectivity index (χ4n) is 1.18. The predicted octanol–water partition coefficient (Wildman–Crippen LogP) is 1.15. The van der Waals surface area contributed by atoms with Crippen molar-refractivity contribution in [2.45, 2.75) is 6.42 Å². The lowest BCUT2D eigenvalue weighted by molar-refractivity contribution is 0.0689. The highest BCUT2D eigenvalue weighted by Crippen LogP contribution is 2.20.